The minimum Gasteiger partial charge on any atom is -0.449 e. The summed E-state index contributed by atoms with van der Waals surface area (Å²) in [6.45, 7) is 0. The van der Waals surface area contributed by atoms with Gasteiger partial charge in [0.1, 0.15) is 0 Å². The van der Waals surface area contributed by atoms with E-state index in [0.29, 0.717) is 5.56 Å². The summed E-state index contributed by atoms with van der Waals surface area (Å²) in [6.07, 6.45) is -0.358. The van der Waals surface area contributed by atoms with Crippen molar-refractivity contribution < 1.29 is 9.53 Å². The van der Waals surface area contributed by atoms with Gasteiger partial charge in [-0.2, -0.15) is 0 Å². The summed E-state index contributed by atoms with van der Waals surface area (Å²) >= 11 is 0. The molecule has 4 rings (SSSR count). The van der Waals surface area contributed by atoms with Crippen LogP contribution in [0.1, 0.15) is 27.6 Å². The van der Waals surface area contributed by atoms with Crippen molar-refractivity contribution in [1.29, 1.82) is 0 Å². The van der Waals surface area contributed by atoms with Gasteiger partial charge in [-0.3, -0.25) is 0 Å². The van der Waals surface area contributed by atoms with E-state index >= 15 is 0 Å². The number of rotatable bonds is 3. The molecule has 0 aromatic heterocycles. The van der Waals surface area contributed by atoms with E-state index in [9.17, 15) is 4.79 Å². The Labute approximate surface area is 147 Å². The Morgan fingerprint density at radius 3 is 2.04 bits per heavy atom. The summed E-state index contributed by atoms with van der Waals surface area (Å²) in [4.78, 5) is 14.7. The Kier molecular flexibility index (Phi) is 3.77. The highest BCUT2D eigenvalue weighted by Gasteiger charge is 2.31. The third kappa shape index (κ3) is 2.68. The van der Waals surface area contributed by atoms with Crippen molar-refractivity contribution in [3.8, 4) is 11.1 Å². The third-order valence-corrected chi connectivity index (χ3v) is 4.60. The zero-order chi connectivity index (χ0) is 17.4. The maximum Gasteiger partial charge on any atom is 0.339 e. The zero-order valence-corrected chi connectivity index (χ0v) is 14.3. The van der Waals surface area contributed by atoms with Crippen LogP contribution < -0.4 is 4.90 Å². The van der Waals surface area contributed by atoms with Gasteiger partial charge in [0.15, 0.2) is 6.10 Å². The number of anilines is 1. The topological polar surface area (TPSA) is 29.5 Å². The predicted octanol–water partition coefficient (Wildman–Crippen LogP) is 4.68. The Hall–Kier alpha value is -3.07. The monoisotopic (exact) mass is 329 g/mol. The van der Waals surface area contributed by atoms with E-state index in [0.717, 1.165) is 27.9 Å². The molecule has 0 saturated heterocycles. The van der Waals surface area contributed by atoms with Crippen LogP contribution in [0.15, 0.2) is 72.8 Å². The first kappa shape index (κ1) is 15.5. The molecular weight excluding hydrogens is 310 g/mol. The van der Waals surface area contributed by atoms with Gasteiger partial charge in [0.05, 0.1) is 5.56 Å². The highest BCUT2D eigenvalue weighted by atomic mass is 16.5. The van der Waals surface area contributed by atoms with Crippen LogP contribution >= 0.6 is 0 Å². The fourth-order valence-electron chi connectivity index (χ4n) is 3.32. The van der Waals surface area contributed by atoms with Crippen LogP contribution in [-0.2, 0) is 4.74 Å². The molecule has 0 spiro atoms. The lowest BCUT2D eigenvalue weighted by atomic mass is 10.1. The smallest absolute Gasteiger partial charge is 0.339 e. The number of hydrogen-bond donors (Lipinski definition) is 0. The number of esters is 1. The Bertz CT molecular complexity index is 901. The van der Waals surface area contributed by atoms with E-state index < -0.39 is 0 Å². The fraction of sp³-hybridized carbons (Fsp3) is 0.136. The molecule has 0 bridgehead atoms. The zero-order valence-electron chi connectivity index (χ0n) is 14.3. The highest BCUT2D eigenvalue weighted by Crippen LogP contribution is 2.45. The van der Waals surface area contributed by atoms with Gasteiger partial charge in [-0.05, 0) is 29.3 Å². The molecule has 0 amide bonds. The number of fused-ring (bicyclic) bond motifs is 3. The van der Waals surface area contributed by atoms with Crippen LogP contribution in [0.2, 0.25) is 0 Å². The quantitative estimate of drug-likeness (QED) is 0.654. The van der Waals surface area contributed by atoms with Gasteiger partial charge in [0.25, 0.3) is 0 Å². The lowest BCUT2D eigenvalue weighted by molar-refractivity contribution is 0.0386. The summed E-state index contributed by atoms with van der Waals surface area (Å²) in [5.74, 6) is -0.305. The van der Waals surface area contributed by atoms with Crippen molar-refractivity contribution >= 4 is 11.7 Å². The van der Waals surface area contributed by atoms with E-state index in [4.69, 9.17) is 4.74 Å². The van der Waals surface area contributed by atoms with Gasteiger partial charge in [0.2, 0.25) is 0 Å². The SMILES string of the molecule is CN(C)c1cccc(C(=O)OC2c3ccccc3-c3ccccc32)c1. The first-order valence-corrected chi connectivity index (χ1v) is 8.32. The molecule has 25 heavy (non-hydrogen) atoms. The molecule has 0 fully saturated rings. The highest BCUT2D eigenvalue weighted by molar-refractivity contribution is 5.91. The molecule has 3 heteroatoms. The lowest BCUT2D eigenvalue weighted by Crippen LogP contribution is -2.13. The van der Waals surface area contributed by atoms with E-state index in [1.807, 2.05) is 73.6 Å². The van der Waals surface area contributed by atoms with Crippen molar-refractivity contribution in [3.05, 3.63) is 89.5 Å². The van der Waals surface area contributed by atoms with E-state index in [1.54, 1.807) is 6.07 Å². The van der Waals surface area contributed by atoms with Gasteiger partial charge in [0, 0.05) is 30.9 Å². The summed E-state index contributed by atoms with van der Waals surface area (Å²) in [6, 6.07) is 23.7. The van der Waals surface area contributed by atoms with Crippen LogP contribution in [0.25, 0.3) is 11.1 Å². The molecule has 0 radical (unpaired) electrons. The molecule has 3 aromatic rings. The number of ether oxygens (including phenoxy) is 1. The molecule has 0 saturated carbocycles. The molecule has 3 nitrogen and oxygen atoms in total. The third-order valence-electron chi connectivity index (χ3n) is 4.60. The average molecular weight is 329 g/mol. The largest absolute Gasteiger partial charge is 0.449 e. The summed E-state index contributed by atoms with van der Waals surface area (Å²) in [7, 11) is 3.90. The molecule has 0 atom stereocenters. The maximum absolute atomic E-state index is 12.8. The molecule has 0 heterocycles. The number of carbonyl (C=O) groups excluding carboxylic acids is 1. The summed E-state index contributed by atoms with van der Waals surface area (Å²) in [5.41, 5.74) is 5.90. The number of carbonyl (C=O) groups is 1. The first-order chi connectivity index (χ1) is 12.1. The minimum atomic E-state index is -0.358. The number of nitrogens with zero attached hydrogens (tertiary/aromatic N) is 1. The predicted molar refractivity (Wildman–Crippen MR) is 99.9 cm³/mol. The molecule has 1 aliphatic carbocycles. The van der Waals surface area contributed by atoms with E-state index in [2.05, 4.69) is 12.1 Å². The summed E-state index contributed by atoms with van der Waals surface area (Å²) in [5, 5.41) is 0. The van der Waals surface area contributed by atoms with Gasteiger partial charge in [-0.15, -0.1) is 0 Å². The van der Waals surface area contributed by atoms with E-state index in [-0.39, 0.29) is 12.1 Å². The Balaban J connectivity index is 1.69. The average Bonchev–Trinajstić information content (AvgIpc) is 2.96. The van der Waals surface area contributed by atoms with Crippen molar-refractivity contribution in [1.82, 2.24) is 0 Å². The van der Waals surface area contributed by atoms with Crippen molar-refractivity contribution in [3.63, 3.8) is 0 Å². The molecular formula is C22H19NO2. The second-order valence-corrected chi connectivity index (χ2v) is 6.40. The summed E-state index contributed by atoms with van der Waals surface area (Å²) < 4.78 is 5.93. The number of hydrogen-bond acceptors (Lipinski definition) is 3. The van der Waals surface area contributed by atoms with Gasteiger partial charge >= 0.3 is 5.97 Å². The fourth-order valence-corrected chi connectivity index (χ4v) is 3.32. The molecule has 0 N–H and O–H groups in total. The van der Waals surface area contributed by atoms with Crippen LogP contribution in [0.5, 0.6) is 0 Å². The minimum absolute atomic E-state index is 0.305. The van der Waals surface area contributed by atoms with Crippen molar-refractivity contribution in [2.75, 3.05) is 19.0 Å². The first-order valence-electron chi connectivity index (χ1n) is 8.32. The van der Waals surface area contributed by atoms with Crippen molar-refractivity contribution in [2.45, 2.75) is 6.10 Å². The molecule has 124 valence electrons. The maximum atomic E-state index is 12.8. The van der Waals surface area contributed by atoms with Crippen LogP contribution in [-0.4, -0.2) is 20.1 Å². The molecule has 0 unspecified atom stereocenters. The van der Waals surface area contributed by atoms with Crippen LogP contribution in [0.4, 0.5) is 5.69 Å². The Morgan fingerprint density at radius 2 is 1.44 bits per heavy atom. The normalized spacial score (nSPS) is 12.4. The van der Waals surface area contributed by atoms with E-state index in [1.165, 1.54) is 0 Å². The standard InChI is InChI=1S/C22H19NO2/c1-23(2)16-9-7-8-15(14-16)22(24)25-21-19-12-5-3-10-17(19)18-11-4-6-13-20(18)21/h3-14,21H,1-2H3. The number of benzene rings is 3. The van der Waals surface area contributed by atoms with Crippen LogP contribution in [0, 0.1) is 0 Å². The van der Waals surface area contributed by atoms with Gasteiger partial charge in [-0.25, -0.2) is 4.79 Å². The molecule has 0 aliphatic heterocycles. The molecule has 3 aromatic carbocycles. The lowest BCUT2D eigenvalue weighted by Gasteiger charge is -2.17. The van der Waals surface area contributed by atoms with Gasteiger partial charge < -0.3 is 9.64 Å². The Morgan fingerprint density at radius 1 is 0.840 bits per heavy atom. The van der Waals surface area contributed by atoms with Gasteiger partial charge in [-0.1, -0.05) is 54.6 Å². The second kappa shape index (κ2) is 6.10. The van der Waals surface area contributed by atoms with Crippen LogP contribution in [0.3, 0.4) is 0 Å². The van der Waals surface area contributed by atoms with Crippen molar-refractivity contribution in [2.24, 2.45) is 0 Å². The molecule has 1 aliphatic rings. The second-order valence-electron chi connectivity index (χ2n) is 6.40.